The number of hydrogen-bond donors (Lipinski definition) is 2. The fourth-order valence-corrected chi connectivity index (χ4v) is 3.85. The van der Waals surface area contributed by atoms with Crippen LogP contribution >= 0.6 is 23.4 Å². The third kappa shape index (κ3) is 5.80. The predicted molar refractivity (Wildman–Crippen MR) is 125 cm³/mol. The topological polar surface area (TPSA) is 94.0 Å². The summed E-state index contributed by atoms with van der Waals surface area (Å²) in [7, 11) is 1.52. The first kappa shape index (κ1) is 23.1. The second-order valence-corrected chi connectivity index (χ2v) is 9.51. The van der Waals surface area contributed by atoms with E-state index in [2.05, 4.69) is 48.4 Å². The van der Waals surface area contributed by atoms with E-state index in [0.29, 0.717) is 39.8 Å². The number of anilines is 1. The second-order valence-electron chi connectivity index (χ2n) is 7.53. The van der Waals surface area contributed by atoms with Crippen molar-refractivity contribution in [3.8, 4) is 5.75 Å². The number of hydrogen-bond acceptors (Lipinski definition) is 7. The zero-order valence-electron chi connectivity index (χ0n) is 18.3. The molecule has 1 amide bonds. The molecular formula is C21H27ClN6O2S. The Morgan fingerprint density at radius 3 is 2.71 bits per heavy atom. The summed E-state index contributed by atoms with van der Waals surface area (Å²) >= 11 is 7.63. The van der Waals surface area contributed by atoms with Crippen molar-refractivity contribution in [2.45, 2.75) is 50.7 Å². The lowest BCUT2D eigenvalue weighted by Crippen LogP contribution is -2.28. The molecule has 0 radical (unpaired) electrons. The van der Waals surface area contributed by atoms with E-state index < -0.39 is 0 Å². The van der Waals surface area contributed by atoms with Crippen LogP contribution in [0.5, 0.6) is 5.75 Å². The zero-order chi connectivity index (χ0) is 22.5. The Morgan fingerprint density at radius 2 is 2.03 bits per heavy atom. The third-order valence-electron chi connectivity index (χ3n) is 4.26. The number of aromatic nitrogens is 4. The molecule has 2 N–H and O–H groups in total. The molecule has 8 nitrogen and oxygen atoms in total. The van der Waals surface area contributed by atoms with E-state index in [1.807, 2.05) is 0 Å². The number of halogens is 1. The van der Waals surface area contributed by atoms with Gasteiger partial charge in [0.05, 0.1) is 30.8 Å². The van der Waals surface area contributed by atoms with E-state index in [1.165, 1.54) is 7.11 Å². The molecule has 0 spiro atoms. The molecule has 3 aromatic rings. The highest BCUT2D eigenvalue weighted by Gasteiger charge is 2.16. The SMILES string of the molecule is COc1ccc(Cl)cc1C(=O)NCCn1ncc2c(NC(C)C)nc(SC(C)C)nc21. The summed E-state index contributed by atoms with van der Waals surface area (Å²) < 4.78 is 7.04. The number of rotatable bonds is 9. The highest BCUT2D eigenvalue weighted by molar-refractivity contribution is 7.99. The Bertz CT molecular complexity index is 1070. The number of carbonyl (C=O) groups excluding carboxylic acids is 1. The molecule has 0 atom stereocenters. The van der Waals surface area contributed by atoms with Crippen molar-refractivity contribution < 1.29 is 9.53 Å². The number of thioether (sulfide) groups is 1. The molecule has 0 unspecified atom stereocenters. The molecule has 0 aliphatic carbocycles. The van der Waals surface area contributed by atoms with E-state index in [0.717, 1.165) is 16.9 Å². The smallest absolute Gasteiger partial charge is 0.255 e. The fourth-order valence-electron chi connectivity index (χ4n) is 2.97. The summed E-state index contributed by atoms with van der Waals surface area (Å²) in [6, 6.07) is 5.17. The van der Waals surface area contributed by atoms with Gasteiger partial charge >= 0.3 is 0 Å². The molecule has 0 aliphatic rings. The summed E-state index contributed by atoms with van der Waals surface area (Å²) in [6.45, 7) is 9.16. The van der Waals surface area contributed by atoms with Crippen molar-refractivity contribution in [2.75, 3.05) is 19.0 Å². The number of amides is 1. The lowest BCUT2D eigenvalue weighted by molar-refractivity contribution is 0.0949. The summed E-state index contributed by atoms with van der Waals surface area (Å²) in [5, 5.41) is 13.1. The summed E-state index contributed by atoms with van der Waals surface area (Å²) in [6.07, 6.45) is 1.76. The maximum Gasteiger partial charge on any atom is 0.255 e. The first-order chi connectivity index (χ1) is 14.8. The van der Waals surface area contributed by atoms with Crippen molar-refractivity contribution in [2.24, 2.45) is 0 Å². The van der Waals surface area contributed by atoms with Crippen LogP contribution in [0.1, 0.15) is 38.1 Å². The van der Waals surface area contributed by atoms with Crippen LogP contribution in [0.25, 0.3) is 11.0 Å². The molecule has 31 heavy (non-hydrogen) atoms. The number of methoxy groups -OCH3 is 1. The van der Waals surface area contributed by atoms with Gasteiger partial charge in [0, 0.05) is 22.9 Å². The van der Waals surface area contributed by atoms with Gasteiger partial charge < -0.3 is 15.4 Å². The third-order valence-corrected chi connectivity index (χ3v) is 5.36. The second kappa shape index (κ2) is 10.2. The normalized spacial score (nSPS) is 11.4. The quantitative estimate of drug-likeness (QED) is 0.362. The molecule has 0 fully saturated rings. The van der Waals surface area contributed by atoms with Gasteiger partial charge in [0.25, 0.3) is 5.91 Å². The van der Waals surface area contributed by atoms with Crippen molar-refractivity contribution in [3.63, 3.8) is 0 Å². The monoisotopic (exact) mass is 462 g/mol. The average molecular weight is 463 g/mol. The largest absolute Gasteiger partial charge is 0.496 e. The van der Waals surface area contributed by atoms with Gasteiger partial charge in [0.15, 0.2) is 10.8 Å². The van der Waals surface area contributed by atoms with Gasteiger partial charge in [-0.3, -0.25) is 4.79 Å². The van der Waals surface area contributed by atoms with Crippen LogP contribution in [0, 0.1) is 0 Å². The van der Waals surface area contributed by atoms with Crippen LogP contribution in [0.4, 0.5) is 5.82 Å². The first-order valence-corrected chi connectivity index (χ1v) is 11.3. The van der Waals surface area contributed by atoms with Crippen molar-refractivity contribution in [3.05, 3.63) is 35.0 Å². The minimum absolute atomic E-state index is 0.227. The van der Waals surface area contributed by atoms with Crippen LogP contribution < -0.4 is 15.4 Å². The molecule has 2 heterocycles. The summed E-state index contributed by atoms with van der Waals surface area (Å²) in [4.78, 5) is 22.0. The van der Waals surface area contributed by atoms with Crippen molar-refractivity contribution >= 4 is 46.1 Å². The molecule has 2 aromatic heterocycles. The molecule has 10 heteroatoms. The minimum atomic E-state index is -0.261. The molecule has 3 rings (SSSR count). The van der Waals surface area contributed by atoms with Crippen molar-refractivity contribution in [1.82, 2.24) is 25.1 Å². The van der Waals surface area contributed by atoms with Gasteiger partial charge in [-0.05, 0) is 32.0 Å². The van der Waals surface area contributed by atoms with E-state index in [-0.39, 0.29) is 11.9 Å². The number of carbonyl (C=O) groups is 1. The van der Waals surface area contributed by atoms with Crippen LogP contribution in [0.15, 0.2) is 29.6 Å². The van der Waals surface area contributed by atoms with Gasteiger partial charge in [0.2, 0.25) is 0 Å². The number of nitrogens with one attached hydrogen (secondary N) is 2. The van der Waals surface area contributed by atoms with E-state index >= 15 is 0 Å². The predicted octanol–water partition coefficient (Wildman–Crippen LogP) is 4.24. The van der Waals surface area contributed by atoms with Gasteiger partial charge in [-0.25, -0.2) is 14.6 Å². The number of nitrogens with zero attached hydrogens (tertiary/aromatic N) is 4. The van der Waals surface area contributed by atoms with Crippen molar-refractivity contribution in [1.29, 1.82) is 0 Å². The average Bonchev–Trinajstić information content (AvgIpc) is 3.10. The fraction of sp³-hybridized carbons (Fsp3) is 0.429. The first-order valence-electron chi connectivity index (χ1n) is 10.1. The van der Waals surface area contributed by atoms with Crippen LogP contribution in [0.2, 0.25) is 5.02 Å². The molecule has 1 aromatic carbocycles. The van der Waals surface area contributed by atoms with E-state index in [9.17, 15) is 4.79 Å². The number of fused-ring (bicyclic) bond motifs is 1. The number of benzene rings is 1. The standard InChI is InChI=1S/C21H27ClN6O2S/c1-12(2)25-18-16-11-24-28(19(16)27-21(26-18)31-13(3)4)9-8-23-20(29)15-10-14(22)6-7-17(15)30-5/h6-7,10-13H,8-9H2,1-5H3,(H,23,29)(H,25,26,27). The zero-order valence-corrected chi connectivity index (χ0v) is 19.8. The Kier molecular flexibility index (Phi) is 7.61. The molecule has 0 aliphatic heterocycles. The molecular weight excluding hydrogens is 436 g/mol. The van der Waals surface area contributed by atoms with Gasteiger partial charge in [0.1, 0.15) is 11.6 Å². The lowest BCUT2D eigenvalue weighted by atomic mass is 10.2. The molecule has 0 saturated carbocycles. The summed E-state index contributed by atoms with van der Waals surface area (Å²) in [5.41, 5.74) is 1.12. The Labute approximate surface area is 191 Å². The number of ether oxygens (including phenoxy) is 1. The van der Waals surface area contributed by atoms with Gasteiger partial charge in [-0.15, -0.1) is 0 Å². The van der Waals surface area contributed by atoms with E-state index in [4.69, 9.17) is 21.3 Å². The van der Waals surface area contributed by atoms with Gasteiger partial charge in [-0.2, -0.15) is 5.10 Å². The Hall–Kier alpha value is -2.52. The molecule has 0 saturated heterocycles. The Balaban J connectivity index is 1.79. The maximum absolute atomic E-state index is 12.6. The highest BCUT2D eigenvalue weighted by Crippen LogP contribution is 2.27. The Morgan fingerprint density at radius 1 is 1.26 bits per heavy atom. The van der Waals surface area contributed by atoms with Crippen LogP contribution in [0.3, 0.4) is 0 Å². The summed E-state index contributed by atoms with van der Waals surface area (Å²) in [5.74, 6) is 0.977. The maximum atomic E-state index is 12.6. The van der Waals surface area contributed by atoms with E-state index in [1.54, 1.807) is 40.8 Å². The highest BCUT2D eigenvalue weighted by atomic mass is 35.5. The lowest BCUT2D eigenvalue weighted by Gasteiger charge is -2.13. The van der Waals surface area contributed by atoms with Crippen LogP contribution in [-0.4, -0.2) is 50.6 Å². The molecule has 166 valence electrons. The molecule has 0 bridgehead atoms. The van der Waals surface area contributed by atoms with Gasteiger partial charge in [-0.1, -0.05) is 37.2 Å². The minimum Gasteiger partial charge on any atom is -0.496 e. The van der Waals surface area contributed by atoms with Crippen LogP contribution in [-0.2, 0) is 6.54 Å².